The summed E-state index contributed by atoms with van der Waals surface area (Å²) in [5.41, 5.74) is 3.28. The Bertz CT molecular complexity index is 1310. The molecule has 3 aromatic carbocycles. The van der Waals surface area contributed by atoms with E-state index in [1.165, 1.54) is 0 Å². The topological polar surface area (TPSA) is 61.2 Å². The first kappa shape index (κ1) is 22.2. The minimum absolute atomic E-state index is 0.0959. The van der Waals surface area contributed by atoms with Gasteiger partial charge in [0.15, 0.2) is 0 Å². The third kappa shape index (κ3) is 4.59. The molecule has 0 N–H and O–H groups in total. The van der Waals surface area contributed by atoms with E-state index in [4.69, 9.17) is 9.51 Å². The zero-order valence-corrected chi connectivity index (χ0v) is 19.3. The van der Waals surface area contributed by atoms with Gasteiger partial charge in [0, 0.05) is 17.9 Å². The number of benzene rings is 3. The molecule has 0 bridgehead atoms. The minimum atomic E-state index is -2.58. The molecular weight excluding hydrogens is 419 g/mol. The summed E-state index contributed by atoms with van der Waals surface area (Å²) in [6.45, 7) is 4.25. The molecular formula is C26H27N2O3P. The molecule has 0 radical (unpaired) electrons. The van der Waals surface area contributed by atoms with Crippen LogP contribution in [-0.4, -0.2) is 28.5 Å². The van der Waals surface area contributed by atoms with Gasteiger partial charge in [-0.25, -0.2) is 4.98 Å². The van der Waals surface area contributed by atoms with Crippen molar-refractivity contribution in [3.8, 4) is 17.1 Å². The van der Waals surface area contributed by atoms with Crippen molar-refractivity contribution in [1.82, 2.24) is 9.55 Å². The van der Waals surface area contributed by atoms with Gasteiger partial charge < -0.3 is 4.52 Å². The van der Waals surface area contributed by atoms with Gasteiger partial charge in [0.05, 0.1) is 23.2 Å². The molecule has 4 aromatic rings. The lowest BCUT2D eigenvalue weighted by atomic mass is 10.1. The summed E-state index contributed by atoms with van der Waals surface area (Å²) in [6.07, 6.45) is 1.75. The Morgan fingerprint density at radius 1 is 0.906 bits per heavy atom. The minimum Gasteiger partial charge on any atom is -0.329 e. The van der Waals surface area contributed by atoms with E-state index in [-0.39, 0.29) is 5.56 Å². The Balaban J connectivity index is 1.73. The van der Waals surface area contributed by atoms with Gasteiger partial charge in [-0.1, -0.05) is 61.5 Å². The van der Waals surface area contributed by atoms with Crippen molar-refractivity contribution in [1.29, 1.82) is 0 Å². The van der Waals surface area contributed by atoms with Crippen LogP contribution in [0.15, 0.2) is 83.7 Å². The molecule has 5 nitrogen and oxygen atoms in total. The van der Waals surface area contributed by atoms with E-state index < -0.39 is 7.37 Å². The summed E-state index contributed by atoms with van der Waals surface area (Å²) in [5, 5.41) is 0.586. The molecule has 0 aliphatic heterocycles. The van der Waals surface area contributed by atoms with Crippen molar-refractivity contribution in [2.75, 3.05) is 18.9 Å². The molecule has 0 saturated carbocycles. The second-order valence-electron chi connectivity index (χ2n) is 7.65. The average Bonchev–Trinajstić information content (AvgIpc) is 2.84. The van der Waals surface area contributed by atoms with E-state index in [1.807, 2.05) is 86.6 Å². The molecule has 1 aromatic heterocycles. The molecule has 1 heterocycles. The SMILES string of the molecule is CCOP(=O)(CC)CCc1ccc(-c2nc3ccccc3c(=O)n2-c2ccccc2)cc1. The van der Waals surface area contributed by atoms with E-state index in [1.54, 1.807) is 10.6 Å². The third-order valence-electron chi connectivity index (χ3n) is 5.59. The van der Waals surface area contributed by atoms with Crippen molar-refractivity contribution >= 4 is 18.3 Å². The van der Waals surface area contributed by atoms with Crippen molar-refractivity contribution in [2.24, 2.45) is 0 Å². The highest BCUT2D eigenvalue weighted by Crippen LogP contribution is 2.46. The van der Waals surface area contributed by atoms with Crippen molar-refractivity contribution in [2.45, 2.75) is 20.3 Å². The number of fused-ring (bicyclic) bond motifs is 1. The van der Waals surface area contributed by atoms with Gasteiger partial charge in [-0.15, -0.1) is 0 Å². The Morgan fingerprint density at radius 3 is 2.28 bits per heavy atom. The van der Waals surface area contributed by atoms with Crippen LogP contribution in [0.3, 0.4) is 0 Å². The fraction of sp³-hybridized carbons (Fsp3) is 0.231. The molecule has 32 heavy (non-hydrogen) atoms. The van der Waals surface area contributed by atoms with Crippen LogP contribution in [0, 0.1) is 0 Å². The second-order valence-corrected chi connectivity index (χ2v) is 10.6. The highest BCUT2D eigenvalue weighted by molar-refractivity contribution is 7.58. The van der Waals surface area contributed by atoms with E-state index in [2.05, 4.69) is 0 Å². The summed E-state index contributed by atoms with van der Waals surface area (Å²) in [4.78, 5) is 18.2. The lowest BCUT2D eigenvalue weighted by molar-refractivity contribution is 0.333. The van der Waals surface area contributed by atoms with Gasteiger partial charge in [-0.3, -0.25) is 13.9 Å². The van der Waals surface area contributed by atoms with Crippen LogP contribution in [0.1, 0.15) is 19.4 Å². The van der Waals surface area contributed by atoms with Gasteiger partial charge in [-0.05, 0) is 43.2 Å². The van der Waals surface area contributed by atoms with Crippen LogP contribution in [0.25, 0.3) is 28.0 Å². The van der Waals surface area contributed by atoms with Crippen molar-refractivity contribution in [3.63, 3.8) is 0 Å². The van der Waals surface area contributed by atoms with E-state index in [0.717, 1.165) is 16.8 Å². The predicted molar refractivity (Wildman–Crippen MR) is 131 cm³/mol. The van der Waals surface area contributed by atoms with Crippen LogP contribution in [0.2, 0.25) is 0 Å². The van der Waals surface area contributed by atoms with Crippen molar-refractivity contribution in [3.05, 3.63) is 94.8 Å². The molecule has 4 rings (SSSR count). The number of hydrogen-bond acceptors (Lipinski definition) is 4. The first-order chi connectivity index (χ1) is 15.5. The molecule has 0 aliphatic carbocycles. The van der Waals surface area contributed by atoms with Crippen LogP contribution in [0.4, 0.5) is 0 Å². The number of aromatic nitrogens is 2. The number of rotatable bonds is 8. The maximum Gasteiger partial charge on any atom is 0.266 e. The number of para-hydroxylation sites is 2. The zero-order valence-electron chi connectivity index (χ0n) is 18.4. The highest BCUT2D eigenvalue weighted by atomic mass is 31.2. The van der Waals surface area contributed by atoms with Gasteiger partial charge in [0.2, 0.25) is 7.37 Å². The summed E-state index contributed by atoms with van der Waals surface area (Å²) >= 11 is 0. The molecule has 6 heteroatoms. The summed E-state index contributed by atoms with van der Waals surface area (Å²) in [5.74, 6) is 0.597. The number of aryl methyl sites for hydroxylation is 1. The molecule has 0 saturated heterocycles. The van der Waals surface area contributed by atoms with Crippen LogP contribution in [0.5, 0.6) is 0 Å². The largest absolute Gasteiger partial charge is 0.329 e. The Hall–Kier alpha value is -3.01. The summed E-state index contributed by atoms with van der Waals surface area (Å²) in [6, 6.07) is 24.9. The first-order valence-corrected chi connectivity index (χ1v) is 12.9. The second kappa shape index (κ2) is 9.64. The Labute approximate surface area is 188 Å². The lowest BCUT2D eigenvalue weighted by Gasteiger charge is -2.16. The lowest BCUT2D eigenvalue weighted by Crippen LogP contribution is -2.21. The Morgan fingerprint density at radius 2 is 1.59 bits per heavy atom. The molecule has 1 unspecified atom stereocenters. The van der Waals surface area contributed by atoms with Crippen LogP contribution < -0.4 is 5.56 Å². The van der Waals surface area contributed by atoms with Crippen LogP contribution in [-0.2, 0) is 15.5 Å². The zero-order chi connectivity index (χ0) is 22.6. The molecule has 0 fully saturated rings. The summed E-state index contributed by atoms with van der Waals surface area (Å²) < 4.78 is 19.9. The predicted octanol–water partition coefficient (Wildman–Crippen LogP) is 5.93. The van der Waals surface area contributed by atoms with Gasteiger partial charge in [0.25, 0.3) is 5.56 Å². The van der Waals surface area contributed by atoms with Gasteiger partial charge >= 0.3 is 0 Å². The van der Waals surface area contributed by atoms with Gasteiger partial charge in [-0.2, -0.15) is 0 Å². The number of hydrogen-bond donors (Lipinski definition) is 0. The number of nitrogens with zero attached hydrogens (tertiary/aromatic N) is 2. The monoisotopic (exact) mass is 446 g/mol. The van der Waals surface area contributed by atoms with Crippen LogP contribution >= 0.6 is 7.37 Å². The first-order valence-electron chi connectivity index (χ1n) is 10.9. The molecule has 1 atom stereocenters. The molecule has 0 aliphatic rings. The summed E-state index contributed by atoms with van der Waals surface area (Å²) in [7, 11) is -2.58. The van der Waals surface area contributed by atoms with E-state index in [0.29, 0.717) is 42.1 Å². The van der Waals surface area contributed by atoms with E-state index in [9.17, 15) is 9.36 Å². The molecule has 0 spiro atoms. The van der Waals surface area contributed by atoms with Crippen molar-refractivity contribution < 1.29 is 9.09 Å². The quantitative estimate of drug-likeness (QED) is 0.315. The van der Waals surface area contributed by atoms with E-state index >= 15 is 0 Å². The van der Waals surface area contributed by atoms with Gasteiger partial charge in [0.1, 0.15) is 5.82 Å². The smallest absolute Gasteiger partial charge is 0.266 e. The third-order valence-corrected chi connectivity index (χ3v) is 8.19. The molecule has 0 amide bonds. The average molecular weight is 446 g/mol. The maximum atomic E-state index is 13.4. The Kier molecular flexibility index (Phi) is 6.69. The maximum absolute atomic E-state index is 13.4. The molecule has 164 valence electrons. The fourth-order valence-corrected chi connectivity index (χ4v) is 5.51. The highest BCUT2D eigenvalue weighted by Gasteiger charge is 2.20. The normalized spacial score (nSPS) is 13.2. The standard InChI is InChI=1S/C26H27N2O3P/c1-3-31-32(30,4-2)19-18-20-14-16-21(17-15-20)25-27-24-13-9-8-12-23(24)26(29)28(25)22-10-6-5-7-11-22/h5-17H,3-4,18-19H2,1-2H3. The fourth-order valence-electron chi connectivity index (χ4n) is 3.81.